The molecule has 104 valence electrons. The Morgan fingerprint density at radius 3 is 2.95 bits per heavy atom. The van der Waals surface area contributed by atoms with Crippen molar-refractivity contribution < 1.29 is 9.21 Å². The van der Waals surface area contributed by atoms with Crippen LogP contribution in [0.3, 0.4) is 0 Å². The number of carbonyl (C=O) groups is 1. The minimum Gasteiger partial charge on any atom is -0.417 e. The predicted octanol–water partition coefficient (Wildman–Crippen LogP) is 0.964. The Kier molecular flexibility index (Phi) is 4.31. The van der Waals surface area contributed by atoms with Crippen LogP contribution in [0.15, 0.2) is 16.6 Å². The van der Waals surface area contributed by atoms with Crippen molar-refractivity contribution >= 4 is 5.91 Å². The molecule has 1 aliphatic heterocycles. The lowest BCUT2D eigenvalue weighted by atomic mass is 10.2. The van der Waals surface area contributed by atoms with E-state index in [1.165, 1.54) is 0 Å². The van der Waals surface area contributed by atoms with Crippen LogP contribution in [-0.2, 0) is 6.42 Å². The van der Waals surface area contributed by atoms with E-state index in [4.69, 9.17) is 4.42 Å². The third-order valence-electron chi connectivity index (χ3n) is 3.36. The van der Waals surface area contributed by atoms with E-state index in [1.54, 1.807) is 4.90 Å². The molecule has 2 heterocycles. The number of allylic oxidation sites excluding steroid dienone is 2. The Bertz CT molecular complexity index is 467. The average Bonchev–Trinajstić information content (AvgIpc) is 3.04. The summed E-state index contributed by atoms with van der Waals surface area (Å²) >= 11 is 0. The second-order valence-electron chi connectivity index (χ2n) is 4.93. The van der Waals surface area contributed by atoms with Crippen molar-refractivity contribution in [1.82, 2.24) is 20.0 Å². The fourth-order valence-corrected chi connectivity index (χ4v) is 2.12. The van der Waals surface area contributed by atoms with Gasteiger partial charge < -0.3 is 14.2 Å². The molecule has 1 fully saturated rings. The lowest BCUT2D eigenvalue weighted by Gasteiger charge is -2.19. The zero-order valence-electron chi connectivity index (χ0n) is 11.7. The van der Waals surface area contributed by atoms with Gasteiger partial charge in [-0.25, -0.2) is 0 Å². The second-order valence-corrected chi connectivity index (χ2v) is 4.93. The average molecular weight is 264 g/mol. The molecule has 1 aromatic heterocycles. The number of amides is 1. The van der Waals surface area contributed by atoms with E-state index >= 15 is 0 Å². The van der Waals surface area contributed by atoms with Crippen LogP contribution in [-0.4, -0.2) is 59.1 Å². The highest BCUT2D eigenvalue weighted by molar-refractivity contribution is 5.89. The van der Waals surface area contributed by atoms with E-state index in [0.29, 0.717) is 18.4 Å². The zero-order valence-corrected chi connectivity index (χ0v) is 11.7. The van der Waals surface area contributed by atoms with Crippen molar-refractivity contribution in [3.63, 3.8) is 0 Å². The molecule has 0 radical (unpaired) electrons. The Labute approximate surface area is 113 Å². The van der Waals surface area contributed by atoms with Crippen LogP contribution in [0, 0.1) is 0 Å². The van der Waals surface area contributed by atoms with Crippen molar-refractivity contribution in [1.29, 1.82) is 0 Å². The molecule has 1 atom stereocenters. The zero-order chi connectivity index (χ0) is 13.8. The lowest BCUT2D eigenvalue weighted by Crippen LogP contribution is -2.34. The molecule has 0 aromatic carbocycles. The van der Waals surface area contributed by atoms with Crippen LogP contribution in [0.5, 0.6) is 0 Å². The molecule has 0 spiro atoms. The molecular weight excluding hydrogens is 244 g/mol. The third-order valence-corrected chi connectivity index (χ3v) is 3.36. The number of likely N-dealkylation sites (N-methyl/N-ethyl adjacent to an activating group) is 1. The summed E-state index contributed by atoms with van der Waals surface area (Å²) in [4.78, 5) is 16.1. The van der Waals surface area contributed by atoms with Crippen LogP contribution in [0.1, 0.15) is 29.9 Å². The van der Waals surface area contributed by atoms with Gasteiger partial charge in [-0.15, -0.1) is 10.2 Å². The quantitative estimate of drug-likeness (QED) is 0.758. The van der Waals surface area contributed by atoms with Gasteiger partial charge in [-0.05, 0) is 27.4 Å². The van der Waals surface area contributed by atoms with E-state index in [2.05, 4.69) is 15.1 Å². The highest BCUT2D eigenvalue weighted by atomic mass is 16.4. The Hall–Kier alpha value is -1.69. The van der Waals surface area contributed by atoms with Gasteiger partial charge in [0.15, 0.2) is 0 Å². The molecule has 0 saturated carbocycles. The summed E-state index contributed by atoms with van der Waals surface area (Å²) in [5.41, 5.74) is 0. The van der Waals surface area contributed by atoms with E-state index in [1.807, 2.05) is 33.2 Å². The van der Waals surface area contributed by atoms with Crippen LogP contribution in [0.2, 0.25) is 0 Å². The third kappa shape index (κ3) is 3.20. The first kappa shape index (κ1) is 13.7. The number of aromatic nitrogens is 2. The molecule has 1 saturated heterocycles. The van der Waals surface area contributed by atoms with Gasteiger partial charge in [-0.2, -0.15) is 0 Å². The fraction of sp³-hybridized carbons (Fsp3) is 0.615. The van der Waals surface area contributed by atoms with Gasteiger partial charge in [0.2, 0.25) is 5.89 Å². The first-order valence-corrected chi connectivity index (χ1v) is 6.51. The largest absolute Gasteiger partial charge is 0.417 e. The molecule has 6 nitrogen and oxygen atoms in total. The highest BCUT2D eigenvalue weighted by Gasteiger charge is 2.30. The van der Waals surface area contributed by atoms with Crippen molar-refractivity contribution in [2.45, 2.75) is 25.8 Å². The van der Waals surface area contributed by atoms with Crippen LogP contribution in [0.4, 0.5) is 0 Å². The van der Waals surface area contributed by atoms with Gasteiger partial charge in [-0.3, -0.25) is 4.79 Å². The standard InChI is InChI=1S/C13H20N4O2/c1-4-5-6-11-14-15-12(19-11)13(18)17-8-7-10(9-17)16(2)3/h4-5,10H,6-9H2,1-3H3/b5-4+. The second kappa shape index (κ2) is 5.97. The molecule has 1 aromatic rings. The van der Waals surface area contributed by atoms with Crippen LogP contribution in [0.25, 0.3) is 0 Å². The Morgan fingerprint density at radius 1 is 1.53 bits per heavy atom. The predicted molar refractivity (Wildman–Crippen MR) is 70.8 cm³/mol. The first-order chi connectivity index (χ1) is 9.11. The molecule has 19 heavy (non-hydrogen) atoms. The summed E-state index contributed by atoms with van der Waals surface area (Å²) < 4.78 is 5.38. The van der Waals surface area contributed by atoms with Gasteiger partial charge >= 0.3 is 11.8 Å². The summed E-state index contributed by atoms with van der Waals surface area (Å²) in [6, 6.07) is 0.411. The first-order valence-electron chi connectivity index (χ1n) is 6.51. The van der Waals surface area contributed by atoms with E-state index < -0.39 is 0 Å². The molecule has 0 N–H and O–H groups in total. The normalized spacial score (nSPS) is 19.8. The maximum Gasteiger partial charge on any atom is 0.311 e. The molecule has 2 rings (SSSR count). The van der Waals surface area contributed by atoms with Gasteiger partial charge in [0.1, 0.15) is 0 Å². The number of hydrogen-bond acceptors (Lipinski definition) is 5. The van der Waals surface area contributed by atoms with Gasteiger partial charge in [0.05, 0.1) is 0 Å². The van der Waals surface area contributed by atoms with Gasteiger partial charge in [-0.1, -0.05) is 12.2 Å². The molecule has 6 heteroatoms. The van der Waals surface area contributed by atoms with Crippen molar-refractivity contribution in [3.8, 4) is 0 Å². The maximum absolute atomic E-state index is 12.2. The van der Waals surface area contributed by atoms with Crippen molar-refractivity contribution in [2.24, 2.45) is 0 Å². The Morgan fingerprint density at radius 2 is 2.32 bits per heavy atom. The van der Waals surface area contributed by atoms with Crippen molar-refractivity contribution in [3.05, 3.63) is 23.9 Å². The number of rotatable bonds is 4. The Balaban J connectivity index is 1.98. The van der Waals surface area contributed by atoms with Crippen LogP contribution >= 0.6 is 0 Å². The molecule has 1 aliphatic rings. The fourth-order valence-electron chi connectivity index (χ4n) is 2.12. The number of likely N-dealkylation sites (tertiary alicyclic amines) is 1. The van der Waals surface area contributed by atoms with Gasteiger partial charge in [0, 0.05) is 25.6 Å². The topological polar surface area (TPSA) is 62.5 Å². The number of hydrogen-bond donors (Lipinski definition) is 0. The summed E-state index contributed by atoms with van der Waals surface area (Å²) in [6.45, 7) is 3.39. The summed E-state index contributed by atoms with van der Waals surface area (Å²) in [6.07, 6.45) is 5.38. The van der Waals surface area contributed by atoms with E-state index in [9.17, 15) is 4.79 Å². The van der Waals surface area contributed by atoms with Crippen molar-refractivity contribution in [2.75, 3.05) is 27.2 Å². The highest BCUT2D eigenvalue weighted by Crippen LogP contribution is 2.16. The minimum absolute atomic E-state index is 0.0962. The monoisotopic (exact) mass is 264 g/mol. The number of nitrogens with zero attached hydrogens (tertiary/aromatic N) is 4. The van der Waals surface area contributed by atoms with Crippen LogP contribution < -0.4 is 0 Å². The summed E-state index contributed by atoms with van der Waals surface area (Å²) in [5.74, 6) is 0.410. The molecule has 0 aliphatic carbocycles. The van der Waals surface area contributed by atoms with E-state index in [-0.39, 0.29) is 11.8 Å². The summed E-state index contributed by atoms with van der Waals surface area (Å²) in [5, 5.41) is 7.70. The molecular formula is C13H20N4O2. The van der Waals surface area contributed by atoms with E-state index in [0.717, 1.165) is 19.5 Å². The molecule has 1 unspecified atom stereocenters. The van der Waals surface area contributed by atoms with Gasteiger partial charge in [0.25, 0.3) is 0 Å². The SMILES string of the molecule is C/C=C/Cc1nnc(C(=O)N2CCC(N(C)C)C2)o1. The number of carbonyl (C=O) groups excluding carboxylic acids is 1. The molecule has 0 bridgehead atoms. The summed E-state index contributed by atoms with van der Waals surface area (Å²) in [7, 11) is 4.06. The smallest absolute Gasteiger partial charge is 0.311 e. The minimum atomic E-state index is -0.163. The molecule has 1 amide bonds. The lowest BCUT2D eigenvalue weighted by molar-refractivity contribution is 0.0741. The maximum atomic E-state index is 12.2.